The number of halogens is 1. The van der Waals surface area contributed by atoms with E-state index in [0.29, 0.717) is 15.7 Å². The maximum atomic E-state index is 12.1. The molecule has 1 aromatic heterocycles. The van der Waals surface area contributed by atoms with E-state index in [4.69, 9.17) is 11.6 Å². The molecule has 2 aromatic carbocycles. The lowest BCUT2D eigenvalue weighted by Gasteiger charge is -2.00. The smallest absolute Gasteiger partial charge is 0.257 e. The molecule has 0 atom stereocenters. The monoisotopic (exact) mass is 357 g/mol. The first-order valence-corrected chi connectivity index (χ1v) is 8.83. The van der Waals surface area contributed by atoms with E-state index in [1.165, 1.54) is 16.9 Å². The Labute approximate surface area is 149 Å². The minimum atomic E-state index is -0.210. The second-order valence-corrected chi connectivity index (χ2v) is 6.80. The van der Waals surface area contributed by atoms with E-state index in [9.17, 15) is 4.79 Å². The Kier molecular flexibility index (Phi) is 5.56. The van der Waals surface area contributed by atoms with Gasteiger partial charge in [0.05, 0.1) is 0 Å². The van der Waals surface area contributed by atoms with Crippen molar-refractivity contribution in [2.75, 3.05) is 5.32 Å². The summed E-state index contributed by atoms with van der Waals surface area (Å²) in [6, 6.07) is 17.1. The van der Waals surface area contributed by atoms with Gasteiger partial charge in [-0.15, -0.1) is 10.2 Å². The van der Waals surface area contributed by atoms with Gasteiger partial charge in [-0.05, 0) is 42.7 Å². The van der Waals surface area contributed by atoms with Gasteiger partial charge in [0.15, 0.2) is 0 Å². The number of anilines is 1. The molecule has 0 aliphatic carbocycles. The third kappa shape index (κ3) is 4.63. The van der Waals surface area contributed by atoms with Crippen LogP contribution in [0.25, 0.3) is 0 Å². The van der Waals surface area contributed by atoms with Crippen LogP contribution < -0.4 is 5.32 Å². The fraction of sp³-hybridized carbons (Fsp3) is 0.167. The highest BCUT2D eigenvalue weighted by Gasteiger charge is 2.10. The molecular formula is C18H16ClN3OS. The van der Waals surface area contributed by atoms with Crippen molar-refractivity contribution in [1.29, 1.82) is 0 Å². The lowest BCUT2D eigenvalue weighted by molar-refractivity contribution is 0.102. The molecule has 4 nitrogen and oxygen atoms in total. The van der Waals surface area contributed by atoms with Gasteiger partial charge in [-0.3, -0.25) is 10.1 Å². The van der Waals surface area contributed by atoms with E-state index in [1.54, 1.807) is 24.3 Å². The lowest BCUT2D eigenvalue weighted by Crippen LogP contribution is -2.11. The first-order valence-electron chi connectivity index (χ1n) is 7.64. The number of nitrogens with zero attached hydrogens (tertiary/aromatic N) is 2. The van der Waals surface area contributed by atoms with Crippen LogP contribution >= 0.6 is 22.9 Å². The van der Waals surface area contributed by atoms with Gasteiger partial charge in [-0.25, -0.2) is 0 Å². The molecule has 0 fully saturated rings. The fourth-order valence-electron chi connectivity index (χ4n) is 2.26. The molecule has 1 amide bonds. The van der Waals surface area contributed by atoms with Crippen molar-refractivity contribution >= 4 is 34.0 Å². The summed E-state index contributed by atoms with van der Waals surface area (Å²) in [5.41, 5.74) is 1.86. The average Bonchev–Trinajstić information content (AvgIpc) is 3.04. The number of amides is 1. The molecule has 1 N–H and O–H groups in total. The Morgan fingerprint density at radius 1 is 1.00 bits per heavy atom. The number of nitrogens with one attached hydrogen (secondary N) is 1. The second-order valence-electron chi connectivity index (χ2n) is 5.30. The maximum Gasteiger partial charge on any atom is 0.257 e. The van der Waals surface area contributed by atoms with Gasteiger partial charge in [-0.2, -0.15) is 0 Å². The van der Waals surface area contributed by atoms with Crippen LogP contribution in [-0.2, 0) is 12.8 Å². The zero-order chi connectivity index (χ0) is 16.8. The van der Waals surface area contributed by atoms with Crippen molar-refractivity contribution in [3.63, 3.8) is 0 Å². The third-order valence-corrected chi connectivity index (χ3v) is 4.64. The van der Waals surface area contributed by atoms with Crippen LogP contribution in [0.1, 0.15) is 27.3 Å². The SMILES string of the molecule is O=C(Nc1nnc(CCCc2ccccc2)s1)c1ccc(Cl)cc1. The molecule has 0 aliphatic heterocycles. The molecular weight excluding hydrogens is 342 g/mol. The number of aryl methyl sites for hydroxylation is 2. The van der Waals surface area contributed by atoms with Gasteiger partial charge in [0.1, 0.15) is 5.01 Å². The van der Waals surface area contributed by atoms with Crippen LogP contribution in [0.15, 0.2) is 54.6 Å². The first kappa shape index (κ1) is 16.6. The van der Waals surface area contributed by atoms with Gasteiger partial charge < -0.3 is 0 Å². The number of aromatic nitrogens is 2. The maximum absolute atomic E-state index is 12.1. The van der Waals surface area contributed by atoms with Crippen molar-refractivity contribution in [3.05, 3.63) is 75.8 Å². The van der Waals surface area contributed by atoms with Crippen LogP contribution in [0, 0.1) is 0 Å². The van der Waals surface area contributed by atoms with Crippen molar-refractivity contribution in [2.45, 2.75) is 19.3 Å². The Bertz CT molecular complexity index is 803. The van der Waals surface area contributed by atoms with E-state index in [2.05, 4.69) is 27.6 Å². The topological polar surface area (TPSA) is 54.9 Å². The molecule has 0 bridgehead atoms. The van der Waals surface area contributed by atoms with Gasteiger partial charge in [0.2, 0.25) is 5.13 Å². The highest BCUT2D eigenvalue weighted by atomic mass is 35.5. The summed E-state index contributed by atoms with van der Waals surface area (Å²) in [5.74, 6) is -0.210. The van der Waals surface area contributed by atoms with E-state index in [1.807, 2.05) is 18.2 Å². The molecule has 0 aliphatic rings. The standard InChI is InChI=1S/C18H16ClN3OS/c19-15-11-9-14(10-12-15)17(23)20-18-22-21-16(24-18)8-4-7-13-5-2-1-3-6-13/h1-3,5-6,9-12H,4,7-8H2,(H,20,22,23). The summed E-state index contributed by atoms with van der Waals surface area (Å²) in [5, 5.41) is 13.0. The number of hydrogen-bond donors (Lipinski definition) is 1. The number of benzene rings is 2. The van der Waals surface area contributed by atoms with Gasteiger partial charge in [0, 0.05) is 17.0 Å². The molecule has 1 heterocycles. The Balaban J connectivity index is 1.51. The summed E-state index contributed by atoms with van der Waals surface area (Å²) in [4.78, 5) is 12.1. The molecule has 0 unspecified atom stereocenters. The number of carbonyl (C=O) groups excluding carboxylic acids is 1. The zero-order valence-electron chi connectivity index (χ0n) is 12.9. The normalized spacial score (nSPS) is 10.5. The highest BCUT2D eigenvalue weighted by molar-refractivity contribution is 7.15. The Morgan fingerprint density at radius 2 is 1.75 bits per heavy atom. The Morgan fingerprint density at radius 3 is 2.50 bits per heavy atom. The quantitative estimate of drug-likeness (QED) is 0.700. The summed E-state index contributed by atoms with van der Waals surface area (Å²) in [7, 11) is 0. The molecule has 3 aromatic rings. The van der Waals surface area contributed by atoms with E-state index in [0.717, 1.165) is 24.3 Å². The molecule has 0 saturated carbocycles. The van der Waals surface area contributed by atoms with Crippen molar-refractivity contribution < 1.29 is 4.79 Å². The van der Waals surface area contributed by atoms with Gasteiger partial charge in [0.25, 0.3) is 5.91 Å². The van der Waals surface area contributed by atoms with Crippen LogP contribution in [0.2, 0.25) is 5.02 Å². The van der Waals surface area contributed by atoms with Crippen LogP contribution in [0.3, 0.4) is 0 Å². The lowest BCUT2D eigenvalue weighted by atomic mass is 10.1. The number of carbonyl (C=O) groups is 1. The first-order chi connectivity index (χ1) is 11.7. The number of rotatable bonds is 6. The largest absolute Gasteiger partial charge is 0.296 e. The molecule has 24 heavy (non-hydrogen) atoms. The summed E-state index contributed by atoms with van der Waals surface area (Å²) < 4.78 is 0. The average molecular weight is 358 g/mol. The third-order valence-electron chi connectivity index (χ3n) is 3.49. The predicted molar refractivity (Wildman–Crippen MR) is 97.8 cm³/mol. The number of hydrogen-bond acceptors (Lipinski definition) is 4. The van der Waals surface area contributed by atoms with Crippen molar-refractivity contribution in [2.24, 2.45) is 0 Å². The minimum Gasteiger partial charge on any atom is -0.296 e. The van der Waals surface area contributed by atoms with Crippen molar-refractivity contribution in [1.82, 2.24) is 10.2 Å². The summed E-state index contributed by atoms with van der Waals surface area (Å²) in [6.07, 6.45) is 2.86. The summed E-state index contributed by atoms with van der Waals surface area (Å²) in [6.45, 7) is 0. The Hall–Kier alpha value is -2.24. The van der Waals surface area contributed by atoms with Crippen LogP contribution in [0.4, 0.5) is 5.13 Å². The molecule has 0 saturated heterocycles. The van der Waals surface area contributed by atoms with Crippen LogP contribution in [-0.4, -0.2) is 16.1 Å². The molecule has 122 valence electrons. The van der Waals surface area contributed by atoms with E-state index in [-0.39, 0.29) is 5.91 Å². The van der Waals surface area contributed by atoms with Crippen LogP contribution in [0.5, 0.6) is 0 Å². The summed E-state index contributed by atoms with van der Waals surface area (Å²) >= 11 is 7.23. The van der Waals surface area contributed by atoms with E-state index >= 15 is 0 Å². The fourth-order valence-corrected chi connectivity index (χ4v) is 3.17. The highest BCUT2D eigenvalue weighted by Crippen LogP contribution is 2.19. The second kappa shape index (κ2) is 8.04. The van der Waals surface area contributed by atoms with Crippen molar-refractivity contribution in [3.8, 4) is 0 Å². The van der Waals surface area contributed by atoms with E-state index < -0.39 is 0 Å². The molecule has 0 spiro atoms. The minimum absolute atomic E-state index is 0.210. The van der Waals surface area contributed by atoms with Gasteiger partial charge in [-0.1, -0.05) is 53.3 Å². The molecule has 6 heteroatoms. The molecule has 0 radical (unpaired) electrons. The molecule has 3 rings (SSSR count). The van der Waals surface area contributed by atoms with Gasteiger partial charge >= 0.3 is 0 Å². The zero-order valence-corrected chi connectivity index (χ0v) is 14.5. The predicted octanol–water partition coefficient (Wildman–Crippen LogP) is 4.62.